The number of aromatic nitrogens is 2. The third-order valence-electron chi connectivity index (χ3n) is 1.33. The standard InChI is InChI=1S/C7H10N2O/c1-3-9-5-4-7(8-9)6(2)10/h4-5H,3H2,1-2H3. The van der Waals surface area contributed by atoms with Crippen LogP contribution < -0.4 is 0 Å². The summed E-state index contributed by atoms with van der Waals surface area (Å²) in [6.45, 7) is 4.31. The molecule has 0 bridgehead atoms. The number of ketones is 1. The molecule has 0 radical (unpaired) electrons. The summed E-state index contributed by atoms with van der Waals surface area (Å²) in [5.41, 5.74) is 0.543. The lowest BCUT2D eigenvalue weighted by atomic mass is 10.3. The minimum absolute atomic E-state index is 0.0206. The fraction of sp³-hybridized carbons (Fsp3) is 0.429. The van der Waals surface area contributed by atoms with E-state index in [-0.39, 0.29) is 5.78 Å². The summed E-state index contributed by atoms with van der Waals surface area (Å²) in [7, 11) is 0. The predicted molar refractivity (Wildman–Crippen MR) is 37.9 cm³/mol. The van der Waals surface area contributed by atoms with Crippen molar-refractivity contribution in [1.82, 2.24) is 9.78 Å². The first kappa shape index (κ1) is 6.99. The molecule has 0 amide bonds. The number of carbonyl (C=O) groups is 1. The van der Waals surface area contributed by atoms with Gasteiger partial charge >= 0.3 is 0 Å². The van der Waals surface area contributed by atoms with Crippen LogP contribution in [0.1, 0.15) is 24.3 Å². The second kappa shape index (κ2) is 2.64. The molecule has 3 heteroatoms. The minimum Gasteiger partial charge on any atom is -0.293 e. The molecule has 3 nitrogen and oxygen atoms in total. The van der Waals surface area contributed by atoms with E-state index in [2.05, 4.69) is 5.10 Å². The molecule has 0 N–H and O–H groups in total. The Morgan fingerprint density at radius 3 is 2.80 bits per heavy atom. The second-order valence-electron chi connectivity index (χ2n) is 2.11. The van der Waals surface area contributed by atoms with E-state index in [0.717, 1.165) is 6.54 Å². The second-order valence-corrected chi connectivity index (χ2v) is 2.11. The van der Waals surface area contributed by atoms with Gasteiger partial charge in [-0.15, -0.1) is 0 Å². The third-order valence-corrected chi connectivity index (χ3v) is 1.33. The molecule has 1 aromatic rings. The largest absolute Gasteiger partial charge is 0.293 e. The lowest BCUT2D eigenvalue weighted by Gasteiger charge is -1.90. The zero-order valence-electron chi connectivity index (χ0n) is 6.16. The van der Waals surface area contributed by atoms with E-state index in [1.807, 2.05) is 6.92 Å². The molecule has 0 aromatic carbocycles. The zero-order valence-corrected chi connectivity index (χ0v) is 6.16. The molecular formula is C7H10N2O. The van der Waals surface area contributed by atoms with Gasteiger partial charge in [0.1, 0.15) is 5.69 Å². The molecule has 0 atom stereocenters. The Morgan fingerprint density at radius 1 is 1.80 bits per heavy atom. The fourth-order valence-electron chi connectivity index (χ4n) is 0.726. The summed E-state index contributed by atoms with van der Waals surface area (Å²) in [6, 6.07) is 1.73. The Balaban J connectivity index is 2.88. The highest BCUT2D eigenvalue weighted by molar-refractivity contribution is 5.91. The molecule has 0 unspecified atom stereocenters. The van der Waals surface area contributed by atoms with E-state index in [1.165, 1.54) is 6.92 Å². The van der Waals surface area contributed by atoms with Gasteiger partial charge in [0, 0.05) is 19.7 Å². The SMILES string of the molecule is CCn1ccc(C(C)=O)n1. The first-order valence-electron chi connectivity index (χ1n) is 3.28. The predicted octanol–water partition coefficient (Wildman–Crippen LogP) is 1.11. The van der Waals surface area contributed by atoms with Crippen molar-refractivity contribution < 1.29 is 4.79 Å². The van der Waals surface area contributed by atoms with Crippen LogP contribution in [0.3, 0.4) is 0 Å². The van der Waals surface area contributed by atoms with Crippen LogP contribution >= 0.6 is 0 Å². The van der Waals surface area contributed by atoms with Gasteiger partial charge in [0.2, 0.25) is 0 Å². The van der Waals surface area contributed by atoms with E-state index in [0.29, 0.717) is 5.69 Å². The van der Waals surface area contributed by atoms with Crippen molar-refractivity contribution in [3.05, 3.63) is 18.0 Å². The van der Waals surface area contributed by atoms with E-state index >= 15 is 0 Å². The quantitative estimate of drug-likeness (QED) is 0.574. The van der Waals surface area contributed by atoms with Crippen molar-refractivity contribution >= 4 is 5.78 Å². The number of aryl methyl sites for hydroxylation is 1. The molecule has 0 saturated heterocycles. The van der Waals surface area contributed by atoms with Gasteiger partial charge in [0.25, 0.3) is 0 Å². The van der Waals surface area contributed by atoms with Crippen molar-refractivity contribution in [2.45, 2.75) is 20.4 Å². The number of hydrogen-bond donors (Lipinski definition) is 0. The monoisotopic (exact) mass is 138 g/mol. The van der Waals surface area contributed by atoms with E-state index in [4.69, 9.17) is 0 Å². The Bertz CT molecular complexity index is 240. The number of hydrogen-bond acceptors (Lipinski definition) is 2. The van der Waals surface area contributed by atoms with Crippen molar-refractivity contribution in [2.75, 3.05) is 0 Å². The van der Waals surface area contributed by atoms with E-state index in [9.17, 15) is 4.79 Å². The number of carbonyl (C=O) groups excluding carboxylic acids is 1. The average molecular weight is 138 g/mol. The molecule has 0 saturated carbocycles. The van der Waals surface area contributed by atoms with Crippen molar-refractivity contribution in [1.29, 1.82) is 0 Å². The van der Waals surface area contributed by atoms with Gasteiger partial charge in [0.05, 0.1) is 0 Å². The molecule has 1 rings (SSSR count). The molecule has 0 aliphatic heterocycles. The van der Waals surface area contributed by atoms with Gasteiger partial charge in [-0.05, 0) is 13.0 Å². The summed E-state index contributed by atoms with van der Waals surface area (Å²) < 4.78 is 1.73. The summed E-state index contributed by atoms with van der Waals surface area (Å²) in [6.07, 6.45) is 1.80. The number of rotatable bonds is 2. The smallest absolute Gasteiger partial charge is 0.179 e. The highest BCUT2D eigenvalue weighted by atomic mass is 16.1. The molecule has 0 spiro atoms. The van der Waals surface area contributed by atoms with Crippen LogP contribution in [0, 0.1) is 0 Å². The maximum atomic E-state index is 10.7. The van der Waals surface area contributed by atoms with E-state index < -0.39 is 0 Å². The normalized spacial score (nSPS) is 9.80. The summed E-state index contributed by atoms with van der Waals surface area (Å²) >= 11 is 0. The highest BCUT2D eigenvalue weighted by Gasteiger charge is 2.00. The molecular weight excluding hydrogens is 128 g/mol. The van der Waals surface area contributed by atoms with Crippen LogP contribution in [-0.2, 0) is 6.54 Å². The maximum Gasteiger partial charge on any atom is 0.179 e. The van der Waals surface area contributed by atoms with Gasteiger partial charge in [0.15, 0.2) is 5.78 Å². The number of Topliss-reactive ketones (excluding diaryl/α,β-unsaturated/α-hetero) is 1. The molecule has 0 fully saturated rings. The molecule has 0 aliphatic carbocycles. The Hall–Kier alpha value is -1.12. The molecule has 1 heterocycles. The van der Waals surface area contributed by atoms with Crippen molar-refractivity contribution in [2.24, 2.45) is 0 Å². The Kier molecular flexibility index (Phi) is 1.85. The topological polar surface area (TPSA) is 34.9 Å². The number of nitrogens with zero attached hydrogens (tertiary/aromatic N) is 2. The molecule has 0 aliphatic rings. The zero-order chi connectivity index (χ0) is 7.56. The van der Waals surface area contributed by atoms with Gasteiger partial charge < -0.3 is 0 Å². The van der Waals surface area contributed by atoms with Crippen LogP contribution in [0.2, 0.25) is 0 Å². The maximum absolute atomic E-state index is 10.7. The Morgan fingerprint density at radius 2 is 2.50 bits per heavy atom. The van der Waals surface area contributed by atoms with Crippen LogP contribution in [-0.4, -0.2) is 15.6 Å². The van der Waals surface area contributed by atoms with Crippen LogP contribution in [0.15, 0.2) is 12.3 Å². The minimum atomic E-state index is 0.0206. The van der Waals surface area contributed by atoms with Gasteiger partial charge in [-0.25, -0.2) is 0 Å². The molecule has 10 heavy (non-hydrogen) atoms. The van der Waals surface area contributed by atoms with Crippen molar-refractivity contribution in [3.63, 3.8) is 0 Å². The lowest BCUT2D eigenvalue weighted by molar-refractivity contribution is 0.101. The summed E-state index contributed by atoms with van der Waals surface area (Å²) in [5.74, 6) is 0.0206. The Labute approximate surface area is 59.7 Å². The van der Waals surface area contributed by atoms with Crippen LogP contribution in [0.5, 0.6) is 0 Å². The summed E-state index contributed by atoms with van der Waals surface area (Å²) in [4.78, 5) is 10.7. The van der Waals surface area contributed by atoms with Crippen LogP contribution in [0.4, 0.5) is 0 Å². The van der Waals surface area contributed by atoms with E-state index in [1.54, 1.807) is 16.9 Å². The lowest BCUT2D eigenvalue weighted by Crippen LogP contribution is -1.98. The molecule has 1 aromatic heterocycles. The third kappa shape index (κ3) is 1.23. The first-order valence-corrected chi connectivity index (χ1v) is 3.28. The highest BCUT2D eigenvalue weighted by Crippen LogP contribution is 1.95. The average Bonchev–Trinajstić information content (AvgIpc) is 2.34. The molecule has 54 valence electrons. The summed E-state index contributed by atoms with van der Waals surface area (Å²) in [5, 5.41) is 4.00. The first-order chi connectivity index (χ1) is 4.74. The van der Waals surface area contributed by atoms with Crippen molar-refractivity contribution in [3.8, 4) is 0 Å². The fourth-order valence-corrected chi connectivity index (χ4v) is 0.726. The van der Waals surface area contributed by atoms with Gasteiger partial charge in [-0.3, -0.25) is 9.48 Å². The van der Waals surface area contributed by atoms with Crippen LogP contribution in [0.25, 0.3) is 0 Å². The van der Waals surface area contributed by atoms with Gasteiger partial charge in [-0.2, -0.15) is 5.10 Å². The van der Waals surface area contributed by atoms with Gasteiger partial charge in [-0.1, -0.05) is 0 Å².